The highest BCUT2D eigenvalue weighted by Crippen LogP contribution is 2.19. The zero-order valence-corrected chi connectivity index (χ0v) is 11.5. The molecule has 2 rings (SSSR count). The van der Waals surface area contributed by atoms with Crippen molar-refractivity contribution < 1.29 is 19.7 Å². The summed E-state index contributed by atoms with van der Waals surface area (Å²) < 4.78 is 5.16. The first-order chi connectivity index (χ1) is 10.1. The van der Waals surface area contributed by atoms with E-state index in [-0.39, 0.29) is 12.8 Å². The predicted octanol–water partition coefficient (Wildman–Crippen LogP) is 1.83. The molecule has 2 atom stereocenters. The van der Waals surface area contributed by atoms with Crippen molar-refractivity contribution in [1.29, 1.82) is 0 Å². The number of carbonyl (C=O) groups excluding carboxylic acids is 1. The number of esters is 1. The molecule has 0 aliphatic carbocycles. The zero-order chi connectivity index (χ0) is 15.2. The van der Waals surface area contributed by atoms with Gasteiger partial charge in [0.1, 0.15) is 5.75 Å². The molecule has 0 bridgehead atoms. The number of aromatic nitrogens is 1. The van der Waals surface area contributed by atoms with Gasteiger partial charge in [0.25, 0.3) is 0 Å². The van der Waals surface area contributed by atoms with Crippen LogP contribution >= 0.6 is 0 Å². The fraction of sp³-hybridized carbons (Fsp3) is 0.250. The maximum atomic E-state index is 11.7. The van der Waals surface area contributed by atoms with Gasteiger partial charge in [-0.05, 0) is 18.2 Å². The second kappa shape index (κ2) is 6.97. The van der Waals surface area contributed by atoms with Gasteiger partial charge in [-0.1, -0.05) is 12.1 Å². The fourth-order valence-corrected chi connectivity index (χ4v) is 1.93. The SMILES string of the molecule is C=CC(O)CC(O)CC(=O)Oc1ccc2cccnc2c1. The van der Waals surface area contributed by atoms with Crippen LogP contribution in [0.1, 0.15) is 12.8 Å². The van der Waals surface area contributed by atoms with Gasteiger partial charge in [0.15, 0.2) is 0 Å². The molecule has 1 heterocycles. The Hall–Kier alpha value is -2.24. The molecule has 5 nitrogen and oxygen atoms in total. The quantitative estimate of drug-likeness (QED) is 0.481. The molecule has 2 aromatic rings. The summed E-state index contributed by atoms with van der Waals surface area (Å²) in [5.41, 5.74) is 0.727. The van der Waals surface area contributed by atoms with Crippen molar-refractivity contribution in [1.82, 2.24) is 4.98 Å². The number of rotatable bonds is 6. The van der Waals surface area contributed by atoms with Gasteiger partial charge < -0.3 is 14.9 Å². The second-order valence-electron chi connectivity index (χ2n) is 4.73. The lowest BCUT2D eigenvalue weighted by atomic mass is 10.1. The lowest BCUT2D eigenvalue weighted by molar-refractivity contribution is -0.136. The van der Waals surface area contributed by atoms with E-state index in [0.29, 0.717) is 5.75 Å². The van der Waals surface area contributed by atoms with Crippen molar-refractivity contribution in [3.8, 4) is 5.75 Å². The van der Waals surface area contributed by atoms with E-state index >= 15 is 0 Å². The van der Waals surface area contributed by atoms with E-state index in [1.54, 1.807) is 18.3 Å². The highest BCUT2D eigenvalue weighted by atomic mass is 16.5. The second-order valence-corrected chi connectivity index (χ2v) is 4.73. The number of fused-ring (bicyclic) bond motifs is 1. The third-order valence-corrected chi connectivity index (χ3v) is 3.00. The van der Waals surface area contributed by atoms with Crippen LogP contribution in [0.2, 0.25) is 0 Å². The predicted molar refractivity (Wildman–Crippen MR) is 78.8 cm³/mol. The number of benzene rings is 1. The van der Waals surface area contributed by atoms with Crippen LogP contribution in [0.25, 0.3) is 10.9 Å². The molecule has 0 amide bonds. The minimum absolute atomic E-state index is 0.0534. The number of hydrogen-bond donors (Lipinski definition) is 2. The molecule has 0 saturated carbocycles. The summed E-state index contributed by atoms with van der Waals surface area (Å²) in [6.07, 6.45) is 1.03. The molecule has 110 valence electrons. The van der Waals surface area contributed by atoms with Crippen LogP contribution in [0.5, 0.6) is 5.75 Å². The van der Waals surface area contributed by atoms with Crippen molar-refractivity contribution in [3.63, 3.8) is 0 Å². The molecule has 0 radical (unpaired) electrons. The maximum Gasteiger partial charge on any atom is 0.313 e. The first-order valence-corrected chi connectivity index (χ1v) is 6.62. The Morgan fingerprint density at radius 1 is 1.38 bits per heavy atom. The maximum absolute atomic E-state index is 11.7. The summed E-state index contributed by atoms with van der Waals surface area (Å²) in [6.45, 7) is 3.41. The summed E-state index contributed by atoms with van der Waals surface area (Å²) in [4.78, 5) is 15.9. The third kappa shape index (κ3) is 4.37. The number of aliphatic hydroxyl groups excluding tert-OH is 2. The molecule has 1 aromatic heterocycles. The van der Waals surface area contributed by atoms with E-state index in [0.717, 1.165) is 10.9 Å². The Labute approximate surface area is 122 Å². The zero-order valence-electron chi connectivity index (χ0n) is 11.5. The molecule has 0 saturated heterocycles. The molecular weight excluding hydrogens is 270 g/mol. The number of pyridine rings is 1. The Morgan fingerprint density at radius 2 is 2.19 bits per heavy atom. The van der Waals surface area contributed by atoms with E-state index in [9.17, 15) is 15.0 Å². The first-order valence-electron chi connectivity index (χ1n) is 6.62. The molecule has 5 heteroatoms. The fourth-order valence-electron chi connectivity index (χ4n) is 1.93. The first kappa shape index (κ1) is 15.2. The van der Waals surface area contributed by atoms with Gasteiger partial charge in [-0.2, -0.15) is 0 Å². The number of hydrogen-bond acceptors (Lipinski definition) is 5. The molecule has 21 heavy (non-hydrogen) atoms. The number of carbonyl (C=O) groups is 1. The Morgan fingerprint density at radius 3 is 2.95 bits per heavy atom. The van der Waals surface area contributed by atoms with Crippen LogP contribution in [0.3, 0.4) is 0 Å². The van der Waals surface area contributed by atoms with E-state index in [1.807, 2.05) is 18.2 Å². The normalized spacial score (nSPS) is 13.6. The van der Waals surface area contributed by atoms with Crippen LogP contribution in [0, 0.1) is 0 Å². The molecule has 2 unspecified atom stereocenters. The van der Waals surface area contributed by atoms with Crippen molar-refractivity contribution in [2.75, 3.05) is 0 Å². The van der Waals surface area contributed by atoms with Crippen LogP contribution in [0.4, 0.5) is 0 Å². The van der Waals surface area contributed by atoms with Gasteiger partial charge >= 0.3 is 5.97 Å². The van der Waals surface area contributed by atoms with Gasteiger partial charge in [0.2, 0.25) is 0 Å². The van der Waals surface area contributed by atoms with Crippen LogP contribution in [-0.4, -0.2) is 33.4 Å². The van der Waals surface area contributed by atoms with Crippen molar-refractivity contribution in [2.24, 2.45) is 0 Å². The van der Waals surface area contributed by atoms with Crippen LogP contribution in [0.15, 0.2) is 49.2 Å². The largest absolute Gasteiger partial charge is 0.426 e. The summed E-state index contributed by atoms with van der Waals surface area (Å²) in [6, 6.07) is 8.89. The van der Waals surface area contributed by atoms with E-state index in [4.69, 9.17) is 4.74 Å². The van der Waals surface area contributed by atoms with Gasteiger partial charge in [-0.15, -0.1) is 6.58 Å². The van der Waals surface area contributed by atoms with Gasteiger partial charge in [0, 0.05) is 24.1 Å². The Balaban J connectivity index is 1.96. The summed E-state index contributed by atoms with van der Waals surface area (Å²) in [5, 5.41) is 19.9. The van der Waals surface area contributed by atoms with Gasteiger partial charge in [0.05, 0.1) is 24.1 Å². The molecule has 0 aliphatic rings. The molecular formula is C16H17NO4. The third-order valence-electron chi connectivity index (χ3n) is 3.00. The minimum Gasteiger partial charge on any atom is -0.426 e. The van der Waals surface area contributed by atoms with Crippen molar-refractivity contribution >= 4 is 16.9 Å². The number of aliphatic hydroxyl groups is 2. The standard InChI is InChI=1S/C16H17NO4/c1-2-12(18)8-13(19)9-16(20)21-14-6-5-11-4-3-7-17-15(11)10-14/h2-7,10,12-13,18-19H,1,8-9H2. The highest BCUT2D eigenvalue weighted by molar-refractivity contribution is 5.81. The van der Waals surface area contributed by atoms with Crippen molar-refractivity contribution in [2.45, 2.75) is 25.0 Å². The highest BCUT2D eigenvalue weighted by Gasteiger charge is 2.15. The van der Waals surface area contributed by atoms with Crippen LogP contribution < -0.4 is 4.74 Å². The van der Waals surface area contributed by atoms with E-state index < -0.39 is 18.2 Å². The van der Waals surface area contributed by atoms with Gasteiger partial charge in [-0.3, -0.25) is 9.78 Å². The van der Waals surface area contributed by atoms with Crippen LogP contribution in [-0.2, 0) is 4.79 Å². The smallest absolute Gasteiger partial charge is 0.313 e. The van der Waals surface area contributed by atoms with Gasteiger partial charge in [-0.25, -0.2) is 0 Å². The average Bonchev–Trinajstić information content (AvgIpc) is 2.46. The molecule has 0 aliphatic heterocycles. The molecule has 1 aromatic carbocycles. The molecule has 0 fully saturated rings. The summed E-state index contributed by atoms with van der Waals surface area (Å²) in [5.74, 6) is -0.184. The Bertz CT molecular complexity index is 641. The summed E-state index contributed by atoms with van der Waals surface area (Å²) in [7, 11) is 0. The minimum atomic E-state index is -0.968. The monoisotopic (exact) mass is 287 g/mol. The van der Waals surface area contributed by atoms with Crippen molar-refractivity contribution in [3.05, 3.63) is 49.2 Å². The number of ether oxygens (including phenoxy) is 1. The number of nitrogens with zero attached hydrogens (tertiary/aromatic N) is 1. The lowest BCUT2D eigenvalue weighted by Gasteiger charge is -2.12. The molecule has 2 N–H and O–H groups in total. The summed E-state index contributed by atoms with van der Waals surface area (Å²) >= 11 is 0. The Kier molecular flexibility index (Phi) is 5.03. The van der Waals surface area contributed by atoms with E-state index in [1.165, 1.54) is 6.08 Å². The molecule has 0 spiro atoms. The van der Waals surface area contributed by atoms with E-state index in [2.05, 4.69) is 11.6 Å². The average molecular weight is 287 g/mol. The lowest BCUT2D eigenvalue weighted by Crippen LogP contribution is -2.22. The topological polar surface area (TPSA) is 79.7 Å².